The summed E-state index contributed by atoms with van der Waals surface area (Å²) < 4.78 is 14.2. The number of hydrogen-bond donors (Lipinski definition) is 2. The second-order valence-corrected chi connectivity index (χ2v) is 16.0. The van der Waals surface area contributed by atoms with Crippen LogP contribution in [0.1, 0.15) is 45.9 Å². The Morgan fingerprint density at radius 3 is 2.00 bits per heavy atom. The molecule has 0 radical (unpaired) electrons. The number of carbonyl (C=O) groups is 2. The zero-order valence-corrected chi connectivity index (χ0v) is 34.4. The van der Waals surface area contributed by atoms with Gasteiger partial charge in [0, 0.05) is 49.7 Å². The van der Waals surface area contributed by atoms with Crippen LogP contribution in [0.15, 0.2) is 85.4 Å². The fourth-order valence-electron chi connectivity index (χ4n) is 6.26. The molecule has 0 saturated carbocycles. The number of hydrogen-bond acceptors (Lipinski definition) is 9. The lowest BCUT2D eigenvalue weighted by atomic mass is 9.81. The molecule has 8 rings (SSSR count). The highest BCUT2D eigenvalue weighted by atomic mass is 127. The van der Waals surface area contributed by atoms with Crippen molar-refractivity contribution in [2.75, 3.05) is 18.2 Å². The third-order valence-electron chi connectivity index (χ3n) is 8.38. The van der Waals surface area contributed by atoms with E-state index in [1.807, 2.05) is 76.5 Å². The summed E-state index contributed by atoms with van der Waals surface area (Å²) in [6.07, 6.45) is 2.63. The van der Waals surface area contributed by atoms with Crippen LogP contribution >= 0.6 is 101 Å². The molecule has 2 spiro atoms. The number of thioether (sulfide) groups is 1. The van der Waals surface area contributed by atoms with E-state index in [4.69, 9.17) is 26.7 Å². The van der Waals surface area contributed by atoms with Crippen molar-refractivity contribution < 1.29 is 19.1 Å². The third-order valence-corrected chi connectivity index (χ3v) is 12.2. The van der Waals surface area contributed by atoms with E-state index in [1.54, 1.807) is 34.6 Å². The maximum absolute atomic E-state index is 13.2. The Labute approximate surface area is 326 Å². The fourth-order valence-corrected chi connectivity index (χ4v) is 9.36. The molecule has 48 heavy (non-hydrogen) atoms. The molecular weight excluding hydrogens is 931 g/mol. The summed E-state index contributed by atoms with van der Waals surface area (Å²) in [5.41, 5.74) is -0.125. The Morgan fingerprint density at radius 2 is 1.50 bits per heavy atom. The van der Waals surface area contributed by atoms with Crippen LogP contribution in [0, 0.1) is 0 Å². The fraction of sp³-hybridized carbons (Fsp3) is 0.273. The topological polar surface area (TPSA) is 92.3 Å². The number of nitrogens with one attached hydrogen (secondary N) is 2. The van der Waals surface area contributed by atoms with E-state index in [0.29, 0.717) is 23.7 Å². The number of amidine groups is 1. The summed E-state index contributed by atoms with van der Waals surface area (Å²) >= 11 is 19.0. The van der Waals surface area contributed by atoms with Crippen LogP contribution in [0.5, 0.6) is 11.5 Å². The number of carbonyl (C=O) groups excluding carboxylic acids is 2. The summed E-state index contributed by atoms with van der Waals surface area (Å²) in [7, 11) is 1.79. The number of halogens is 3. The lowest BCUT2D eigenvalue weighted by molar-refractivity contribution is -0.132. The van der Waals surface area contributed by atoms with Crippen molar-refractivity contribution in [1.82, 2.24) is 15.5 Å². The van der Waals surface area contributed by atoms with Crippen molar-refractivity contribution in [3.05, 3.63) is 101 Å². The molecule has 4 atom stereocenters. The molecule has 2 aromatic heterocycles. The van der Waals surface area contributed by atoms with E-state index in [0.717, 1.165) is 40.7 Å². The number of aliphatic imine (C=N–C) groups is 1. The molecule has 4 unspecified atom stereocenters. The van der Waals surface area contributed by atoms with Gasteiger partial charge in [-0.2, -0.15) is 0 Å². The molecule has 2 aromatic carbocycles. The smallest absolute Gasteiger partial charge is 0.261 e. The zero-order valence-electron chi connectivity index (χ0n) is 25.8. The second-order valence-electron chi connectivity index (χ2n) is 11.1. The van der Waals surface area contributed by atoms with Crippen molar-refractivity contribution in [2.24, 2.45) is 4.99 Å². The van der Waals surface area contributed by atoms with Gasteiger partial charge in [-0.3, -0.25) is 14.5 Å². The van der Waals surface area contributed by atoms with Gasteiger partial charge in [0.2, 0.25) is 0 Å². The molecule has 15 heteroatoms. The second kappa shape index (κ2) is 14.7. The standard InChI is InChI=1S/C17H15BrN2O2S2.C15H11BrN2O2S2.CH3I/c1-20-15(21)17(19-16(20)23-2)9-13(14-4-3-7-24-14)22-12-6-5-10(18)8-11(12)17;16-8-3-4-10-9(6-8)15(13(19)17-14(21)18-15)7-11(20-10)12-2-1-5-22-12;1-2/h3-8,13H,9H2,1-2H3;1-6,11H,7H2,(H2,17,18,19,21);1H3. The number of thiocarbonyl (C=S) groups is 1. The number of thiophene rings is 2. The maximum Gasteiger partial charge on any atom is 0.261 e. The van der Waals surface area contributed by atoms with Gasteiger partial charge in [-0.25, -0.2) is 4.99 Å². The first-order valence-electron chi connectivity index (χ1n) is 14.6. The van der Waals surface area contributed by atoms with Crippen LogP contribution < -0.4 is 20.1 Å². The Morgan fingerprint density at radius 1 is 0.938 bits per heavy atom. The highest BCUT2D eigenvalue weighted by Crippen LogP contribution is 2.52. The predicted molar refractivity (Wildman–Crippen MR) is 214 cm³/mol. The molecule has 4 aliphatic rings. The third kappa shape index (κ3) is 6.48. The molecule has 8 nitrogen and oxygen atoms in total. The summed E-state index contributed by atoms with van der Waals surface area (Å²) in [5, 5.41) is 11.0. The van der Waals surface area contributed by atoms with Gasteiger partial charge in [0.05, 0.1) is 0 Å². The highest BCUT2D eigenvalue weighted by molar-refractivity contribution is 14.1. The van der Waals surface area contributed by atoms with Gasteiger partial charge < -0.3 is 20.1 Å². The summed E-state index contributed by atoms with van der Waals surface area (Å²) in [6, 6.07) is 19.6. The first kappa shape index (κ1) is 35.8. The Bertz CT molecular complexity index is 1890. The quantitative estimate of drug-likeness (QED) is 0.118. The molecule has 250 valence electrons. The predicted octanol–water partition coefficient (Wildman–Crippen LogP) is 8.71. The number of alkyl halides is 1. The zero-order chi connectivity index (χ0) is 34.2. The van der Waals surface area contributed by atoms with Crippen LogP contribution in [0.4, 0.5) is 0 Å². The minimum atomic E-state index is -0.904. The highest BCUT2D eigenvalue weighted by Gasteiger charge is 2.54. The first-order valence-corrected chi connectivity index (χ1v) is 21.7. The van der Waals surface area contributed by atoms with Crippen LogP contribution in [0.3, 0.4) is 0 Å². The molecule has 6 heterocycles. The summed E-state index contributed by atoms with van der Waals surface area (Å²) in [4.78, 5) is 36.5. The molecule has 4 aromatic rings. The summed E-state index contributed by atoms with van der Waals surface area (Å²) in [5.74, 6) is 1.33. The minimum absolute atomic E-state index is 0.0102. The van der Waals surface area contributed by atoms with Gasteiger partial charge in [0.1, 0.15) is 23.7 Å². The molecule has 1 saturated heterocycles. The average molecular weight is 961 g/mol. The van der Waals surface area contributed by atoms with E-state index in [9.17, 15) is 9.59 Å². The van der Waals surface area contributed by atoms with Crippen molar-refractivity contribution >= 4 is 123 Å². The van der Waals surface area contributed by atoms with Crippen molar-refractivity contribution in [2.45, 2.75) is 36.1 Å². The number of amides is 2. The van der Waals surface area contributed by atoms with Crippen LogP contribution in [0.25, 0.3) is 0 Å². The van der Waals surface area contributed by atoms with E-state index in [-0.39, 0.29) is 24.0 Å². The van der Waals surface area contributed by atoms with Crippen LogP contribution in [0.2, 0.25) is 0 Å². The van der Waals surface area contributed by atoms with E-state index < -0.39 is 11.1 Å². The molecule has 0 bridgehead atoms. The van der Waals surface area contributed by atoms with Crippen molar-refractivity contribution in [3.8, 4) is 11.5 Å². The molecule has 2 N–H and O–H groups in total. The van der Waals surface area contributed by atoms with Crippen LogP contribution in [-0.4, -0.2) is 45.2 Å². The molecular formula is C33H29Br2IN4O4S4. The Balaban J connectivity index is 0.000000160. The average Bonchev–Trinajstić information content (AvgIpc) is 3.90. The van der Waals surface area contributed by atoms with Gasteiger partial charge in [0.15, 0.2) is 21.4 Å². The molecule has 2 amide bonds. The molecule has 0 aliphatic carbocycles. The first-order chi connectivity index (χ1) is 23.1. The molecule has 4 aliphatic heterocycles. The minimum Gasteiger partial charge on any atom is -0.484 e. The number of likely N-dealkylation sites (N-methyl/N-ethyl adjacent to an activating group) is 1. The van der Waals surface area contributed by atoms with E-state index in [1.165, 1.54) is 11.8 Å². The van der Waals surface area contributed by atoms with E-state index >= 15 is 0 Å². The van der Waals surface area contributed by atoms with Crippen LogP contribution in [-0.2, 0) is 20.7 Å². The van der Waals surface area contributed by atoms with Gasteiger partial charge in [-0.1, -0.05) is 78.3 Å². The SMILES string of the molecule is CI.CSC1=NC2(CC(c3cccs3)Oc3ccc(Br)cc32)C(=O)N1C.O=C1NC(=S)NC12CC(c1cccs1)Oc1ccc(Br)cc12. The normalized spacial score (nSPS) is 25.0. The number of rotatable bonds is 2. The summed E-state index contributed by atoms with van der Waals surface area (Å²) in [6.45, 7) is 0. The lowest BCUT2D eigenvalue weighted by Gasteiger charge is -2.37. The molecule has 1 fully saturated rings. The number of fused-ring (bicyclic) bond motifs is 4. The van der Waals surface area contributed by atoms with E-state index in [2.05, 4.69) is 71.2 Å². The largest absolute Gasteiger partial charge is 0.484 e. The maximum atomic E-state index is 13.2. The Hall–Kier alpha value is -2.02. The van der Waals surface area contributed by atoms with Crippen molar-refractivity contribution in [3.63, 3.8) is 0 Å². The van der Waals surface area contributed by atoms with Gasteiger partial charge in [0.25, 0.3) is 11.8 Å². The number of nitrogens with zero attached hydrogens (tertiary/aromatic N) is 2. The monoisotopic (exact) mass is 958 g/mol. The number of benzene rings is 2. The van der Waals surface area contributed by atoms with Gasteiger partial charge in [-0.15, -0.1) is 22.7 Å². The van der Waals surface area contributed by atoms with Gasteiger partial charge in [-0.05, 0) is 82.7 Å². The number of ether oxygens (including phenoxy) is 2. The lowest BCUT2D eigenvalue weighted by Crippen LogP contribution is -2.48. The Kier molecular flexibility index (Phi) is 10.9. The van der Waals surface area contributed by atoms with Gasteiger partial charge >= 0.3 is 0 Å². The van der Waals surface area contributed by atoms with Crippen molar-refractivity contribution in [1.29, 1.82) is 0 Å².